The zero-order valence-corrected chi connectivity index (χ0v) is 12.8. The topological polar surface area (TPSA) is 57.8 Å². The van der Waals surface area contributed by atoms with Gasteiger partial charge in [0, 0.05) is 16.7 Å². The number of hydrogen-bond donors (Lipinski definition) is 1. The Morgan fingerprint density at radius 1 is 1.40 bits per heavy atom. The third kappa shape index (κ3) is 2.91. The second-order valence-electron chi connectivity index (χ2n) is 4.66. The number of halogens is 1. The summed E-state index contributed by atoms with van der Waals surface area (Å²) in [6, 6.07) is 10.9. The number of amides is 1. The molecule has 1 N–H and O–H groups in total. The normalized spacial score (nSPS) is 10.3. The molecule has 2 rings (SSSR count). The van der Waals surface area contributed by atoms with E-state index in [2.05, 4.69) is 27.3 Å². The van der Waals surface area contributed by atoms with Crippen LogP contribution in [0.2, 0.25) is 0 Å². The van der Waals surface area contributed by atoms with Crippen LogP contribution in [0, 0.1) is 11.3 Å². The lowest BCUT2D eigenvalue weighted by atomic mass is 10.2. The van der Waals surface area contributed by atoms with Gasteiger partial charge in [0.15, 0.2) is 0 Å². The molecule has 1 amide bonds. The summed E-state index contributed by atoms with van der Waals surface area (Å²) in [4.78, 5) is 12.4. The van der Waals surface area contributed by atoms with E-state index in [9.17, 15) is 4.79 Å². The Kier molecular flexibility index (Phi) is 4.26. The molecule has 0 fully saturated rings. The molecule has 0 saturated carbocycles. The van der Waals surface area contributed by atoms with Crippen molar-refractivity contribution in [2.24, 2.45) is 0 Å². The van der Waals surface area contributed by atoms with Gasteiger partial charge in [0.25, 0.3) is 5.91 Å². The molecular weight excluding hydrogens is 318 g/mol. The molecule has 5 heteroatoms. The number of rotatable bonds is 3. The van der Waals surface area contributed by atoms with Crippen LogP contribution in [0.15, 0.2) is 41.0 Å². The first kappa shape index (κ1) is 14.4. The fraction of sp³-hybridized carbons (Fsp3) is 0.200. The average Bonchev–Trinajstić information content (AvgIpc) is 2.82. The van der Waals surface area contributed by atoms with Crippen molar-refractivity contribution in [2.45, 2.75) is 19.9 Å². The smallest absolute Gasteiger partial charge is 0.272 e. The van der Waals surface area contributed by atoms with Gasteiger partial charge in [0.1, 0.15) is 11.8 Å². The van der Waals surface area contributed by atoms with Gasteiger partial charge in [-0.15, -0.1) is 0 Å². The van der Waals surface area contributed by atoms with Crippen LogP contribution in [-0.2, 0) is 0 Å². The van der Waals surface area contributed by atoms with Crippen molar-refractivity contribution < 1.29 is 4.79 Å². The number of hydrogen-bond acceptors (Lipinski definition) is 2. The summed E-state index contributed by atoms with van der Waals surface area (Å²) in [5.41, 5.74) is 1.52. The minimum absolute atomic E-state index is 0.174. The molecular formula is C15H14BrN3O. The molecule has 2 aromatic rings. The second kappa shape index (κ2) is 5.93. The minimum atomic E-state index is -0.230. The van der Waals surface area contributed by atoms with Crippen molar-refractivity contribution in [1.29, 1.82) is 5.26 Å². The standard InChI is InChI=1S/C15H14BrN3O/c1-10(2)19-9-12(16)7-14(19)15(20)18-13-6-4-3-5-11(13)8-17/h3-7,9-10H,1-2H3,(H,18,20). The van der Waals surface area contributed by atoms with Gasteiger partial charge in [0.05, 0.1) is 11.3 Å². The number of nitrogens with zero attached hydrogens (tertiary/aromatic N) is 2. The van der Waals surface area contributed by atoms with Crippen LogP contribution in [-0.4, -0.2) is 10.5 Å². The summed E-state index contributed by atoms with van der Waals surface area (Å²) in [6.45, 7) is 4.01. The lowest BCUT2D eigenvalue weighted by molar-refractivity contribution is 0.101. The van der Waals surface area contributed by atoms with Crippen molar-refractivity contribution in [3.8, 4) is 6.07 Å². The predicted octanol–water partition coefficient (Wildman–Crippen LogP) is 3.96. The number of aromatic nitrogens is 1. The van der Waals surface area contributed by atoms with E-state index >= 15 is 0 Å². The summed E-state index contributed by atoms with van der Waals surface area (Å²) in [7, 11) is 0. The highest BCUT2D eigenvalue weighted by Gasteiger charge is 2.16. The number of para-hydroxylation sites is 1. The Morgan fingerprint density at radius 2 is 2.10 bits per heavy atom. The molecule has 0 bridgehead atoms. The van der Waals surface area contributed by atoms with E-state index in [0.29, 0.717) is 16.9 Å². The van der Waals surface area contributed by atoms with E-state index in [4.69, 9.17) is 5.26 Å². The van der Waals surface area contributed by atoms with Gasteiger partial charge in [-0.1, -0.05) is 12.1 Å². The molecule has 0 saturated heterocycles. The number of carbonyl (C=O) groups is 1. The average molecular weight is 332 g/mol. The molecule has 0 atom stereocenters. The molecule has 0 aliphatic rings. The molecule has 102 valence electrons. The van der Waals surface area contributed by atoms with Crippen LogP contribution in [0.1, 0.15) is 35.9 Å². The first-order valence-corrected chi connectivity index (χ1v) is 7.00. The maximum atomic E-state index is 12.4. The van der Waals surface area contributed by atoms with Crippen LogP contribution in [0.25, 0.3) is 0 Å². The van der Waals surface area contributed by atoms with E-state index in [1.165, 1.54) is 0 Å². The second-order valence-corrected chi connectivity index (χ2v) is 5.57. The molecule has 0 unspecified atom stereocenters. The summed E-state index contributed by atoms with van der Waals surface area (Å²) in [6.07, 6.45) is 1.87. The molecule has 1 aromatic heterocycles. The van der Waals surface area contributed by atoms with Gasteiger partial charge in [0.2, 0.25) is 0 Å². The lowest BCUT2D eigenvalue weighted by Crippen LogP contribution is -2.18. The quantitative estimate of drug-likeness (QED) is 0.925. The fourth-order valence-corrected chi connectivity index (χ4v) is 2.37. The largest absolute Gasteiger partial charge is 0.340 e. The van der Waals surface area contributed by atoms with Gasteiger partial charge < -0.3 is 9.88 Å². The molecule has 0 spiro atoms. The number of benzene rings is 1. The van der Waals surface area contributed by atoms with Crippen molar-refractivity contribution in [3.05, 3.63) is 52.3 Å². The SMILES string of the molecule is CC(C)n1cc(Br)cc1C(=O)Nc1ccccc1C#N. The first-order chi connectivity index (χ1) is 9.52. The highest BCUT2D eigenvalue weighted by Crippen LogP contribution is 2.21. The van der Waals surface area contributed by atoms with Crippen molar-refractivity contribution in [1.82, 2.24) is 4.57 Å². The minimum Gasteiger partial charge on any atom is -0.340 e. The van der Waals surface area contributed by atoms with Gasteiger partial charge >= 0.3 is 0 Å². The van der Waals surface area contributed by atoms with Gasteiger partial charge in [-0.3, -0.25) is 4.79 Å². The van der Waals surface area contributed by atoms with E-state index in [1.807, 2.05) is 24.6 Å². The molecule has 0 aliphatic heterocycles. The molecule has 0 aliphatic carbocycles. The Hall–Kier alpha value is -2.06. The van der Waals surface area contributed by atoms with E-state index in [0.717, 1.165) is 4.47 Å². The molecule has 0 radical (unpaired) electrons. The van der Waals surface area contributed by atoms with Crippen molar-refractivity contribution >= 4 is 27.5 Å². The molecule has 1 aromatic carbocycles. The maximum Gasteiger partial charge on any atom is 0.272 e. The third-order valence-corrected chi connectivity index (χ3v) is 3.33. The molecule has 20 heavy (non-hydrogen) atoms. The molecule has 4 nitrogen and oxygen atoms in total. The van der Waals surface area contributed by atoms with Crippen LogP contribution < -0.4 is 5.32 Å². The van der Waals surface area contributed by atoms with E-state index in [-0.39, 0.29) is 11.9 Å². The van der Waals surface area contributed by atoms with Crippen LogP contribution >= 0.6 is 15.9 Å². The number of anilines is 1. The van der Waals surface area contributed by atoms with Gasteiger partial charge in [-0.2, -0.15) is 5.26 Å². The third-order valence-electron chi connectivity index (χ3n) is 2.90. The highest BCUT2D eigenvalue weighted by molar-refractivity contribution is 9.10. The van der Waals surface area contributed by atoms with Crippen molar-refractivity contribution in [2.75, 3.05) is 5.32 Å². The Bertz CT molecular complexity index is 683. The summed E-state index contributed by atoms with van der Waals surface area (Å²) >= 11 is 3.38. The van der Waals surface area contributed by atoms with E-state index < -0.39 is 0 Å². The monoisotopic (exact) mass is 331 g/mol. The fourth-order valence-electron chi connectivity index (χ4n) is 1.93. The van der Waals surface area contributed by atoms with Gasteiger partial charge in [-0.05, 0) is 48.0 Å². The summed E-state index contributed by atoms with van der Waals surface area (Å²) in [5.74, 6) is -0.230. The lowest BCUT2D eigenvalue weighted by Gasteiger charge is -2.13. The van der Waals surface area contributed by atoms with Crippen LogP contribution in [0.5, 0.6) is 0 Å². The summed E-state index contributed by atoms with van der Waals surface area (Å²) < 4.78 is 2.74. The first-order valence-electron chi connectivity index (χ1n) is 6.20. The Balaban J connectivity index is 2.32. The zero-order valence-electron chi connectivity index (χ0n) is 11.2. The number of nitriles is 1. The number of nitrogens with one attached hydrogen (secondary N) is 1. The predicted molar refractivity (Wildman–Crippen MR) is 81.6 cm³/mol. The maximum absolute atomic E-state index is 12.4. The molecule has 1 heterocycles. The zero-order chi connectivity index (χ0) is 14.7. The highest BCUT2D eigenvalue weighted by atomic mass is 79.9. The number of carbonyl (C=O) groups excluding carboxylic acids is 1. The van der Waals surface area contributed by atoms with E-state index in [1.54, 1.807) is 30.3 Å². The van der Waals surface area contributed by atoms with Crippen LogP contribution in [0.4, 0.5) is 5.69 Å². The Labute approximate surface area is 126 Å². The summed E-state index contributed by atoms with van der Waals surface area (Å²) in [5, 5.41) is 11.8. The Morgan fingerprint density at radius 3 is 2.75 bits per heavy atom. The van der Waals surface area contributed by atoms with Crippen LogP contribution in [0.3, 0.4) is 0 Å². The van der Waals surface area contributed by atoms with Crippen molar-refractivity contribution in [3.63, 3.8) is 0 Å². The van der Waals surface area contributed by atoms with Gasteiger partial charge in [-0.25, -0.2) is 0 Å².